The Kier molecular flexibility index (Phi) is 3.57. The molecule has 1 aromatic carbocycles. The molecule has 1 aliphatic heterocycles. The summed E-state index contributed by atoms with van der Waals surface area (Å²) in [5, 5.41) is 3.44. The third-order valence-electron chi connectivity index (χ3n) is 2.63. The average Bonchev–Trinajstić information content (AvgIpc) is 2.25. The summed E-state index contributed by atoms with van der Waals surface area (Å²) in [6, 6.07) is 6.42. The van der Waals surface area contributed by atoms with Gasteiger partial charge >= 0.3 is 0 Å². The van der Waals surface area contributed by atoms with E-state index in [1.807, 2.05) is 11.8 Å². The first-order valence-corrected chi connectivity index (χ1v) is 7.14. The van der Waals surface area contributed by atoms with Crippen molar-refractivity contribution < 1.29 is 4.74 Å². The quantitative estimate of drug-likeness (QED) is 0.820. The van der Waals surface area contributed by atoms with Crippen molar-refractivity contribution in [3.63, 3.8) is 0 Å². The number of hydrogen-bond acceptors (Lipinski definition) is 3. The van der Waals surface area contributed by atoms with Gasteiger partial charge in [0.25, 0.3) is 0 Å². The zero-order valence-electron chi connectivity index (χ0n) is 11.0. The predicted molar refractivity (Wildman–Crippen MR) is 75.2 cm³/mol. The van der Waals surface area contributed by atoms with Crippen LogP contribution in [0.5, 0.6) is 5.75 Å². The molecule has 1 aliphatic rings. The third-order valence-corrected chi connectivity index (χ3v) is 4.05. The van der Waals surface area contributed by atoms with Crippen molar-refractivity contribution in [1.82, 2.24) is 0 Å². The predicted octanol–water partition coefficient (Wildman–Crippen LogP) is 4.02. The molecule has 1 aromatic rings. The Morgan fingerprint density at radius 3 is 2.88 bits per heavy atom. The fraction of sp³-hybridized carbons (Fsp3) is 0.571. The molecule has 0 aromatic heterocycles. The molecule has 1 N–H and O–H groups in total. The van der Waals surface area contributed by atoms with Gasteiger partial charge in [-0.15, -0.1) is 11.8 Å². The van der Waals surface area contributed by atoms with Gasteiger partial charge in [0.05, 0.1) is 12.2 Å². The summed E-state index contributed by atoms with van der Waals surface area (Å²) < 4.78 is 5.93. The Morgan fingerprint density at radius 1 is 1.41 bits per heavy atom. The van der Waals surface area contributed by atoms with Crippen LogP contribution in [0.2, 0.25) is 0 Å². The van der Waals surface area contributed by atoms with Gasteiger partial charge in [-0.05, 0) is 38.0 Å². The lowest BCUT2D eigenvalue weighted by Gasteiger charge is -2.33. The Balaban J connectivity index is 2.10. The molecule has 17 heavy (non-hydrogen) atoms. The summed E-state index contributed by atoms with van der Waals surface area (Å²) in [6.07, 6.45) is 0. The number of anilines is 1. The number of hydrogen-bond donors (Lipinski definition) is 1. The molecular weight excluding hydrogens is 230 g/mol. The van der Waals surface area contributed by atoms with Gasteiger partial charge in [0.15, 0.2) is 0 Å². The van der Waals surface area contributed by atoms with E-state index in [0.717, 1.165) is 29.7 Å². The summed E-state index contributed by atoms with van der Waals surface area (Å²) in [6.45, 7) is 9.55. The average molecular weight is 251 g/mol. The molecule has 1 heterocycles. The maximum absolute atomic E-state index is 5.93. The molecular formula is C14H21NOS. The summed E-state index contributed by atoms with van der Waals surface area (Å²) in [5.74, 6) is 2.85. The second kappa shape index (κ2) is 4.81. The van der Waals surface area contributed by atoms with Crippen LogP contribution >= 0.6 is 11.8 Å². The first-order valence-electron chi connectivity index (χ1n) is 6.16. The molecule has 0 atom stereocenters. The van der Waals surface area contributed by atoms with Crippen molar-refractivity contribution in [3.05, 3.63) is 18.2 Å². The van der Waals surface area contributed by atoms with E-state index in [0.29, 0.717) is 0 Å². The highest BCUT2D eigenvalue weighted by Gasteiger charge is 2.26. The van der Waals surface area contributed by atoms with Gasteiger partial charge in [-0.25, -0.2) is 0 Å². The maximum Gasteiger partial charge on any atom is 0.143 e. The monoisotopic (exact) mass is 251 g/mol. The molecule has 0 radical (unpaired) electrons. The fourth-order valence-corrected chi connectivity index (χ4v) is 2.62. The molecule has 0 saturated carbocycles. The van der Waals surface area contributed by atoms with E-state index in [1.165, 1.54) is 4.90 Å². The molecule has 0 bridgehead atoms. The number of rotatable bonds is 3. The minimum atomic E-state index is -0.112. The highest BCUT2D eigenvalue weighted by atomic mass is 32.2. The van der Waals surface area contributed by atoms with Crippen molar-refractivity contribution in [2.75, 3.05) is 17.6 Å². The molecule has 0 amide bonds. The topological polar surface area (TPSA) is 21.3 Å². The van der Waals surface area contributed by atoms with Gasteiger partial charge in [0.1, 0.15) is 11.4 Å². The largest absolute Gasteiger partial charge is 0.484 e. The summed E-state index contributed by atoms with van der Waals surface area (Å²) in [5.41, 5.74) is 1.01. The molecule has 2 rings (SSSR count). The van der Waals surface area contributed by atoms with Crippen molar-refractivity contribution >= 4 is 17.4 Å². The second-order valence-electron chi connectivity index (χ2n) is 5.58. The van der Waals surface area contributed by atoms with Crippen LogP contribution in [-0.4, -0.2) is 17.9 Å². The van der Waals surface area contributed by atoms with Crippen LogP contribution in [0.25, 0.3) is 0 Å². The van der Waals surface area contributed by atoms with E-state index in [9.17, 15) is 0 Å². The molecule has 0 spiro atoms. The van der Waals surface area contributed by atoms with Gasteiger partial charge in [-0.3, -0.25) is 0 Å². The Bertz CT molecular complexity index is 401. The first kappa shape index (κ1) is 12.6. The van der Waals surface area contributed by atoms with Crippen LogP contribution in [0, 0.1) is 5.92 Å². The number of thioether (sulfide) groups is 1. The number of nitrogens with one attached hydrogen (secondary N) is 1. The van der Waals surface area contributed by atoms with Crippen LogP contribution in [0.4, 0.5) is 5.69 Å². The minimum Gasteiger partial charge on any atom is -0.484 e. The third kappa shape index (κ3) is 3.32. The van der Waals surface area contributed by atoms with Crippen molar-refractivity contribution in [3.8, 4) is 5.75 Å². The lowest BCUT2D eigenvalue weighted by Crippen LogP contribution is -2.39. The molecule has 2 nitrogen and oxygen atoms in total. The fourth-order valence-electron chi connectivity index (χ4n) is 1.73. The van der Waals surface area contributed by atoms with Crippen LogP contribution < -0.4 is 10.1 Å². The van der Waals surface area contributed by atoms with Gasteiger partial charge in [-0.1, -0.05) is 13.8 Å². The Morgan fingerprint density at radius 2 is 2.18 bits per heavy atom. The standard InChI is InChI=1S/C14H21NOS/c1-10(2)8-17-11-5-6-13-12(7-11)15-9-14(3,4)16-13/h5-7,10,15H,8-9H2,1-4H3. The zero-order valence-corrected chi connectivity index (χ0v) is 11.9. The van der Waals surface area contributed by atoms with E-state index >= 15 is 0 Å². The molecule has 0 saturated heterocycles. The Hall–Kier alpha value is -0.830. The first-order chi connectivity index (χ1) is 7.96. The van der Waals surface area contributed by atoms with Gasteiger partial charge in [0.2, 0.25) is 0 Å². The summed E-state index contributed by atoms with van der Waals surface area (Å²) >= 11 is 1.91. The minimum absolute atomic E-state index is 0.112. The van der Waals surface area contributed by atoms with Gasteiger partial charge < -0.3 is 10.1 Å². The lowest BCUT2D eigenvalue weighted by molar-refractivity contribution is 0.116. The SMILES string of the molecule is CC(C)CSc1ccc2c(c1)NCC(C)(C)O2. The molecule has 0 fully saturated rings. The number of fused-ring (bicyclic) bond motifs is 1. The normalized spacial score (nSPS) is 17.2. The summed E-state index contributed by atoms with van der Waals surface area (Å²) in [7, 11) is 0. The van der Waals surface area contributed by atoms with Crippen LogP contribution in [-0.2, 0) is 0 Å². The highest BCUT2D eigenvalue weighted by Crippen LogP contribution is 2.36. The van der Waals surface area contributed by atoms with Crippen LogP contribution in [0.1, 0.15) is 27.7 Å². The zero-order chi connectivity index (χ0) is 12.5. The highest BCUT2D eigenvalue weighted by molar-refractivity contribution is 7.99. The van der Waals surface area contributed by atoms with Crippen LogP contribution in [0.3, 0.4) is 0 Å². The molecule has 94 valence electrons. The van der Waals surface area contributed by atoms with E-state index in [-0.39, 0.29) is 5.60 Å². The molecule has 3 heteroatoms. The maximum atomic E-state index is 5.93. The van der Waals surface area contributed by atoms with E-state index in [2.05, 4.69) is 51.2 Å². The summed E-state index contributed by atoms with van der Waals surface area (Å²) in [4.78, 5) is 1.31. The van der Waals surface area contributed by atoms with Gasteiger partial charge in [-0.2, -0.15) is 0 Å². The van der Waals surface area contributed by atoms with Crippen LogP contribution in [0.15, 0.2) is 23.1 Å². The van der Waals surface area contributed by atoms with Crippen molar-refractivity contribution in [2.45, 2.75) is 38.2 Å². The number of benzene rings is 1. The lowest BCUT2D eigenvalue weighted by atomic mass is 10.1. The smallest absolute Gasteiger partial charge is 0.143 e. The second-order valence-corrected chi connectivity index (χ2v) is 6.67. The van der Waals surface area contributed by atoms with E-state index in [4.69, 9.17) is 4.74 Å². The number of ether oxygens (including phenoxy) is 1. The van der Waals surface area contributed by atoms with E-state index < -0.39 is 0 Å². The Labute approximate surface area is 108 Å². The van der Waals surface area contributed by atoms with Gasteiger partial charge in [0, 0.05) is 10.6 Å². The van der Waals surface area contributed by atoms with Crippen molar-refractivity contribution in [2.24, 2.45) is 5.92 Å². The molecule has 0 aliphatic carbocycles. The van der Waals surface area contributed by atoms with Crippen molar-refractivity contribution in [1.29, 1.82) is 0 Å². The molecule has 0 unspecified atom stereocenters. The van der Waals surface area contributed by atoms with E-state index in [1.54, 1.807) is 0 Å².